The van der Waals surface area contributed by atoms with Crippen LogP contribution < -0.4 is 5.43 Å². The molecule has 0 N–H and O–H groups in total. The van der Waals surface area contributed by atoms with Gasteiger partial charge in [-0.15, -0.1) is 0 Å². The van der Waals surface area contributed by atoms with E-state index in [1.54, 1.807) is 0 Å². The summed E-state index contributed by atoms with van der Waals surface area (Å²) in [5.74, 6) is 0. The molecular formula is C20H29NO. The summed E-state index contributed by atoms with van der Waals surface area (Å²) < 4.78 is 2.18. The van der Waals surface area contributed by atoms with Crippen LogP contribution in [0.15, 0.2) is 35.1 Å². The van der Waals surface area contributed by atoms with Crippen molar-refractivity contribution < 1.29 is 0 Å². The summed E-state index contributed by atoms with van der Waals surface area (Å²) in [7, 11) is 2.07. The van der Waals surface area contributed by atoms with E-state index in [4.69, 9.17) is 0 Å². The second-order valence-electron chi connectivity index (χ2n) is 6.30. The zero-order chi connectivity index (χ0) is 15.8. The zero-order valence-corrected chi connectivity index (χ0v) is 14.1. The summed E-state index contributed by atoms with van der Waals surface area (Å²) in [6.07, 6.45) is 11.6. The van der Waals surface area contributed by atoms with Gasteiger partial charge in [-0.2, -0.15) is 0 Å². The molecular weight excluding hydrogens is 270 g/mol. The summed E-state index contributed by atoms with van der Waals surface area (Å²) in [6, 6.07) is 9.71. The Labute approximate surface area is 134 Å². The number of nitrogens with zero attached hydrogens (tertiary/aromatic N) is 1. The highest BCUT2D eigenvalue weighted by atomic mass is 16.1. The van der Waals surface area contributed by atoms with Crippen molar-refractivity contribution in [3.63, 3.8) is 0 Å². The van der Waals surface area contributed by atoms with E-state index in [2.05, 4.69) is 18.5 Å². The van der Waals surface area contributed by atoms with Crippen LogP contribution in [0.4, 0.5) is 0 Å². The maximum atomic E-state index is 12.2. The Morgan fingerprint density at radius 1 is 0.909 bits per heavy atom. The number of benzene rings is 1. The molecule has 0 bridgehead atoms. The molecule has 0 spiro atoms. The number of fused-ring (bicyclic) bond motifs is 1. The first-order chi connectivity index (χ1) is 10.7. The lowest BCUT2D eigenvalue weighted by molar-refractivity contribution is 0.571. The molecule has 2 nitrogen and oxygen atoms in total. The van der Waals surface area contributed by atoms with Gasteiger partial charge in [0.2, 0.25) is 0 Å². The first kappa shape index (κ1) is 16.8. The molecule has 0 saturated heterocycles. The number of pyridine rings is 1. The summed E-state index contributed by atoms with van der Waals surface area (Å²) in [5, 5.41) is 0.824. The lowest BCUT2D eigenvalue weighted by Crippen LogP contribution is -2.11. The lowest BCUT2D eigenvalue weighted by Gasteiger charge is -2.12. The van der Waals surface area contributed by atoms with E-state index in [0.29, 0.717) is 0 Å². The van der Waals surface area contributed by atoms with Gasteiger partial charge in [-0.3, -0.25) is 4.79 Å². The molecule has 0 amide bonds. The minimum atomic E-state index is 0.156. The van der Waals surface area contributed by atoms with Crippen LogP contribution in [0.1, 0.15) is 64.0 Å². The highest BCUT2D eigenvalue weighted by molar-refractivity contribution is 5.79. The Hall–Kier alpha value is -1.57. The molecule has 1 heterocycles. The maximum absolute atomic E-state index is 12.2. The molecule has 120 valence electrons. The fraction of sp³-hybridized carbons (Fsp3) is 0.550. The lowest BCUT2D eigenvalue weighted by atomic mass is 10.1. The van der Waals surface area contributed by atoms with Crippen LogP contribution in [0.5, 0.6) is 0 Å². The molecule has 0 aliphatic rings. The number of para-hydroxylation sites is 1. The fourth-order valence-electron chi connectivity index (χ4n) is 3.13. The van der Waals surface area contributed by atoms with Gasteiger partial charge < -0.3 is 4.57 Å². The van der Waals surface area contributed by atoms with Crippen molar-refractivity contribution in [3.05, 3.63) is 46.2 Å². The van der Waals surface area contributed by atoms with Crippen molar-refractivity contribution in [2.75, 3.05) is 0 Å². The molecule has 0 aliphatic heterocycles. The van der Waals surface area contributed by atoms with Crippen LogP contribution in [0.2, 0.25) is 0 Å². The summed E-state index contributed by atoms with van der Waals surface area (Å²) in [6.45, 7) is 2.26. The number of hydrogen-bond acceptors (Lipinski definition) is 1. The second-order valence-corrected chi connectivity index (χ2v) is 6.30. The van der Waals surface area contributed by atoms with Gasteiger partial charge >= 0.3 is 0 Å². The number of rotatable bonds is 9. The molecule has 0 saturated carbocycles. The topological polar surface area (TPSA) is 22.0 Å². The Morgan fingerprint density at radius 3 is 2.27 bits per heavy atom. The third kappa shape index (κ3) is 4.46. The maximum Gasteiger partial charge on any atom is 0.189 e. The van der Waals surface area contributed by atoms with E-state index in [9.17, 15) is 4.79 Å². The number of unbranched alkanes of at least 4 members (excludes halogenated alkanes) is 7. The molecule has 22 heavy (non-hydrogen) atoms. The van der Waals surface area contributed by atoms with E-state index in [-0.39, 0.29) is 5.43 Å². The minimum Gasteiger partial charge on any atom is -0.347 e. The van der Waals surface area contributed by atoms with Gasteiger partial charge in [0.1, 0.15) is 0 Å². The van der Waals surface area contributed by atoms with Crippen molar-refractivity contribution >= 4 is 10.9 Å². The van der Waals surface area contributed by atoms with Gasteiger partial charge in [0.25, 0.3) is 0 Å². The summed E-state index contributed by atoms with van der Waals surface area (Å²) >= 11 is 0. The smallest absolute Gasteiger partial charge is 0.189 e. The average Bonchev–Trinajstić information content (AvgIpc) is 2.54. The van der Waals surface area contributed by atoms with Crippen LogP contribution in [-0.4, -0.2) is 4.57 Å². The Bertz CT molecular complexity index is 642. The molecule has 2 rings (SSSR count). The molecule has 0 unspecified atom stereocenters. The predicted molar refractivity (Wildman–Crippen MR) is 95.5 cm³/mol. The van der Waals surface area contributed by atoms with Gasteiger partial charge in [0.15, 0.2) is 5.43 Å². The third-order valence-electron chi connectivity index (χ3n) is 4.55. The van der Waals surface area contributed by atoms with Gasteiger partial charge in [-0.25, -0.2) is 0 Å². The van der Waals surface area contributed by atoms with Crippen molar-refractivity contribution in [2.24, 2.45) is 7.05 Å². The third-order valence-corrected chi connectivity index (χ3v) is 4.55. The predicted octanol–water partition coefficient (Wildman–Crippen LogP) is 5.22. The average molecular weight is 299 g/mol. The van der Waals surface area contributed by atoms with Crippen LogP contribution in [0, 0.1) is 0 Å². The molecule has 0 fully saturated rings. The van der Waals surface area contributed by atoms with Crippen molar-refractivity contribution in [3.8, 4) is 0 Å². The van der Waals surface area contributed by atoms with Gasteiger partial charge in [0.05, 0.1) is 5.52 Å². The Morgan fingerprint density at radius 2 is 1.55 bits per heavy atom. The van der Waals surface area contributed by atoms with Gasteiger partial charge in [-0.1, -0.05) is 64.0 Å². The van der Waals surface area contributed by atoms with E-state index in [1.165, 1.54) is 51.4 Å². The molecule has 1 aromatic heterocycles. The Balaban J connectivity index is 1.85. The SMILES string of the molecule is CCCCCCCCCCc1cc(=O)c2ccccc2n1C. The van der Waals surface area contributed by atoms with Gasteiger partial charge in [-0.05, 0) is 25.0 Å². The quantitative estimate of drug-likeness (QED) is 0.582. The second kappa shape index (κ2) is 8.77. The normalized spacial score (nSPS) is 11.2. The largest absolute Gasteiger partial charge is 0.347 e. The minimum absolute atomic E-state index is 0.156. The van der Waals surface area contributed by atoms with E-state index >= 15 is 0 Å². The molecule has 2 heteroatoms. The zero-order valence-electron chi connectivity index (χ0n) is 14.1. The molecule has 0 aliphatic carbocycles. The fourth-order valence-corrected chi connectivity index (χ4v) is 3.13. The van der Waals surface area contributed by atoms with Crippen LogP contribution in [0.25, 0.3) is 10.9 Å². The summed E-state index contributed by atoms with van der Waals surface area (Å²) in [5.41, 5.74) is 2.36. The number of aryl methyl sites for hydroxylation is 2. The number of hydrogen-bond donors (Lipinski definition) is 0. The standard InChI is InChI=1S/C20H29NO/c1-3-4-5-6-7-8-9-10-13-17-16-20(22)18-14-11-12-15-19(18)21(17)2/h11-12,14-16H,3-10,13H2,1-2H3. The molecule has 1 aromatic carbocycles. The highest BCUT2D eigenvalue weighted by Crippen LogP contribution is 2.14. The molecule has 2 aromatic rings. The van der Waals surface area contributed by atoms with E-state index in [0.717, 1.165) is 23.0 Å². The van der Waals surface area contributed by atoms with Crippen LogP contribution in [0.3, 0.4) is 0 Å². The molecule has 0 atom stereocenters. The first-order valence-electron chi connectivity index (χ1n) is 8.81. The van der Waals surface area contributed by atoms with Crippen molar-refractivity contribution in [1.29, 1.82) is 0 Å². The van der Waals surface area contributed by atoms with Crippen LogP contribution in [-0.2, 0) is 13.5 Å². The van der Waals surface area contributed by atoms with Crippen LogP contribution >= 0.6 is 0 Å². The van der Waals surface area contributed by atoms with E-state index in [1.807, 2.05) is 30.3 Å². The summed E-state index contributed by atoms with van der Waals surface area (Å²) in [4.78, 5) is 12.2. The van der Waals surface area contributed by atoms with Crippen molar-refractivity contribution in [2.45, 2.75) is 64.7 Å². The first-order valence-corrected chi connectivity index (χ1v) is 8.81. The highest BCUT2D eigenvalue weighted by Gasteiger charge is 2.05. The Kier molecular flexibility index (Phi) is 6.70. The monoisotopic (exact) mass is 299 g/mol. The van der Waals surface area contributed by atoms with E-state index < -0.39 is 0 Å². The number of aromatic nitrogens is 1. The van der Waals surface area contributed by atoms with Gasteiger partial charge in [0, 0.05) is 24.2 Å². The molecule has 0 radical (unpaired) electrons. The van der Waals surface area contributed by atoms with Crippen molar-refractivity contribution in [1.82, 2.24) is 4.57 Å².